The Hall–Kier alpha value is -2.39. The van der Waals surface area contributed by atoms with Gasteiger partial charge in [-0.2, -0.15) is 0 Å². The minimum atomic E-state index is -3.71. The first-order valence-electron chi connectivity index (χ1n) is 7.53. The highest BCUT2D eigenvalue weighted by Crippen LogP contribution is 2.20. The summed E-state index contributed by atoms with van der Waals surface area (Å²) < 4.78 is 27.0. The van der Waals surface area contributed by atoms with Crippen LogP contribution in [0.15, 0.2) is 46.0 Å². The summed E-state index contributed by atoms with van der Waals surface area (Å²) >= 11 is 1.08. The molecule has 1 amide bonds. The maximum Gasteiger partial charge on any atom is 0.326 e. The molecule has 1 aromatic heterocycles. The predicted molar refractivity (Wildman–Crippen MR) is 95.4 cm³/mol. The molecular weight excluding hydrogens is 364 g/mol. The molecule has 1 unspecified atom stereocenters. The number of benzene rings is 1. The zero-order valence-electron chi connectivity index (χ0n) is 13.4. The molecule has 1 aromatic carbocycles. The second-order valence-corrected chi connectivity index (χ2v) is 8.13. The Kier molecular flexibility index (Phi) is 6.16. The molecule has 0 saturated carbocycles. The number of carboxylic acids is 1. The van der Waals surface area contributed by atoms with Crippen LogP contribution in [-0.4, -0.2) is 31.4 Å². The van der Waals surface area contributed by atoms with Crippen LogP contribution in [0, 0.1) is 0 Å². The van der Waals surface area contributed by atoms with E-state index in [0.717, 1.165) is 11.3 Å². The Morgan fingerprint density at radius 1 is 1.24 bits per heavy atom. The van der Waals surface area contributed by atoms with Crippen LogP contribution in [0.3, 0.4) is 0 Å². The quantitative estimate of drug-likeness (QED) is 0.649. The molecular formula is C16H18N2O5S2. The Bertz CT molecular complexity index is 847. The maximum atomic E-state index is 12.2. The zero-order valence-corrected chi connectivity index (χ0v) is 15.1. The van der Waals surface area contributed by atoms with Crippen molar-refractivity contribution >= 4 is 38.9 Å². The molecule has 2 rings (SSSR count). The number of rotatable bonds is 8. The number of thiophene rings is 1. The minimum absolute atomic E-state index is 0.163. The van der Waals surface area contributed by atoms with Crippen molar-refractivity contribution in [1.82, 2.24) is 5.32 Å². The van der Waals surface area contributed by atoms with Gasteiger partial charge >= 0.3 is 5.97 Å². The number of hydrogen-bond acceptors (Lipinski definition) is 5. The van der Waals surface area contributed by atoms with Crippen LogP contribution in [0.4, 0.5) is 5.69 Å². The smallest absolute Gasteiger partial charge is 0.326 e. The Balaban J connectivity index is 2.15. The van der Waals surface area contributed by atoms with Crippen molar-refractivity contribution in [3.63, 3.8) is 0 Å². The van der Waals surface area contributed by atoms with E-state index in [1.54, 1.807) is 11.4 Å². The fourth-order valence-corrected chi connectivity index (χ4v) is 4.18. The largest absolute Gasteiger partial charge is 0.480 e. The van der Waals surface area contributed by atoms with E-state index in [1.165, 1.54) is 30.3 Å². The summed E-state index contributed by atoms with van der Waals surface area (Å²) in [5.41, 5.74) is 0.400. The molecule has 1 atom stereocenters. The minimum Gasteiger partial charge on any atom is -0.480 e. The van der Waals surface area contributed by atoms with E-state index < -0.39 is 27.9 Å². The molecule has 25 heavy (non-hydrogen) atoms. The first-order valence-corrected chi connectivity index (χ1v) is 9.90. The zero-order chi connectivity index (χ0) is 18.4. The molecule has 0 aliphatic rings. The van der Waals surface area contributed by atoms with Crippen LogP contribution >= 0.6 is 11.3 Å². The molecule has 9 heteroatoms. The number of carboxylic acid groups (broad SMARTS) is 1. The first kappa shape index (κ1) is 18.9. The van der Waals surface area contributed by atoms with Crippen molar-refractivity contribution < 1.29 is 23.1 Å². The van der Waals surface area contributed by atoms with Gasteiger partial charge in [-0.15, -0.1) is 11.3 Å². The van der Waals surface area contributed by atoms with E-state index in [1.807, 2.05) is 6.92 Å². The van der Waals surface area contributed by atoms with Gasteiger partial charge in [0, 0.05) is 11.3 Å². The van der Waals surface area contributed by atoms with Crippen molar-refractivity contribution in [2.45, 2.75) is 30.0 Å². The fourth-order valence-electron chi connectivity index (χ4n) is 2.13. The molecule has 1 heterocycles. The first-order chi connectivity index (χ1) is 11.8. The summed E-state index contributed by atoms with van der Waals surface area (Å²) in [6.07, 6.45) is 0.920. The molecule has 0 aliphatic carbocycles. The van der Waals surface area contributed by atoms with Gasteiger partial charge < -0.3 is 10.4 Å². The van der Waals surface area contributed by atoms with Gasteiger partial charge in [0.25, 0.3) is 15.9 Å². The monoisotopic (exact) mass is 382 g/mol. The van der Waals surface area contributed by atoms with E-state index >= 15 is 0 Å². The number of amides is 1. The van der Waals surface area contributed by atoms with Crippen molar-refractivity contribution in [2.24, 2.45) is 0 Å². The van der Waals surface area contributed by atoms with Gasteiger partial charge in [-0.05, 0) is 36.1 Å². The lowest BCUT2D eigenvalue weighted by Gasteiger charge is -2.14. The van der Waals surface area contributed by atoms with Crippen LogP contribution in [-0.2, 0) is 14.8 Å². The molecule has 0 bridgehead atoms. The summed E-state index contributed by atoms with van der Waals surface area (Å²) in [4.78, 5) is 23.4. The summed E-state index contributed by atoms with van der Waals surface area (Å²) in [5.74, 6) is -1.68. The van der Waals surface area contributed by atoms with Gasteiger partial charge in [0.1, 0.15) is 10.3 Å². The molecule has 134 valence electrons. The highest BCUT2D eigenvalue weighted by Gasteiger charge is 2.20. The predicted octanol–water partition coefficient (Wildman–Crippen LogP) is 2.53. The van der Waals surface area contributed by atoms with Crippen LogP contribution < -0.4 is 10.0 Å². The number of carbonyl (C=O) groups excluding carboxylic acids is 1. The lowest BCUT2D eigenvalue weighted by atomic mass is 10.1. The van der Waals surface area contributed by atoms with Crippen LogP contribution in [0.25, 0.3) is 0 Å². The average molecular weight is 382 g/mol. The van der Waals surface area contributed by atoms with Crippen LogP contribution in [0.1, 0.15) is 30.1 Å². The lowest BCUT2D eigenvalue weighted by molar-refractivity contribution is -0.139. The SMILES string of the molecule is CCCC(NC(=O)c1cccc(NS(=O)(=O)c2cccs2)c1)C(=O)O. The highest BCUT2D eigenvalue weighted by atomic mass is 32.2. The molecule has 0 radical (unpaired) electrons. The molecule has 0 spiro atoms. The van der Waals surface area contributed by atoms with Crippen LogP contribution in [0.2, 0.25) is 0 Å². The summed E-state index contributed by atoms with van der Waals surface area (Å²) in [6.45, 7) is 1.82. The summed E-state index contributed by atoms with van der Waals surface area (Å²) in [6, 6.07) is 8.02. The van der Waals surface area contributed by atoms with E-state index in [2.05, 4.69) is 10.0 Å². The van der Waals surface area contributed by atoms with E-state index in [-0.39, 0.29) is 15.5 Å². The average Bonchev–Trinajstić information content (AvgIpc) is 3.09. The van der Waals surface area contributed by atoms with Gasteiger partial charge in [-0.3, -0.25) is 9.52 Å². The summed E-state index contributed by atoms with van der Waals surface area (Å²) in [5, 5.41) is 13.2. The van der Waals surface area contributed by atoms with E-state index in [9.17, 15) is 18.0 Å². The molecule has 3 N–H and O–H groups in total. The molecule has 0 aliphatic heterocycles. The lowest BCUT2D eigenvalue weighted by Crippen LogP contribution is -2.40. The number of nitrogens with one attached hydrogen (secondary N) is 2. The topological polar surface area (TPSA) is 113 Å². The second-order valence-electron chi connectivity index (χ2n) is 5.27. The van der Waals surface area contributed by atoms with Crippen LogP contribution in [0.5, 0.6) is 0 Å². The van der Waals surface area contributed by atoms with Crippen molar-refractivity contribution in [3.8, 4) is 0 Å². The van der Waals surface area contributed by atoms with Gasteiger partial charge in [0.2, 0.25) is 0 Å². The number of anilines is 1. The number of aliphatic carboxylic acids is 1. The Labute approximate surface area is 149 Å². The van der Waals surface area contributed by atoms with Gasteiger partial charge in [0.05, 0.1) is 0 Å². The third-order valence-electron chi connectivity index (χ3n) is 3.32. The van der Waals surface area contributed by atoms with Gasteiger partial charge in [0.15, 0.2) is 0 Å². The molecule has 0 fully saturated rings. The molecule has 0 saturated heterocycles. The van der Waals surface area contributed by atoms with Crippen molar-refractivity contribution in [1.29, 1.82) is 0 Å². The van der Waals surface area contributed by atoms with Crippen molar-refractivity contribution in [3.05, 3.63) is 47.3 Å². The maximum absolute atomic E-state index is 12.2. The molecule has 7 nitrogen and oxygen atoms in total. The highest BCUT2D eigenvalue weighted by molar-refractivity contribution is 7.94. The second kappa shape index (κ2) is 8.13. The van der Waals surface area contributed by atoms with Crippen molar-refractivity contribution in [2.75, 3.05) is 4.72 Å². The third-order valence-corrected chi connectivity index (χ3v) is 6.10. The normalized spacial score (nSPS) is 12.4. The number of hydrogen-bond donors (Lipinski definition) is 3. The Morgan fingerprint density at radius 3 is 2.60 bits per heavy atom. The number of sulfonamides is 1. The van der Waals surface area contributed by atoms with E-state index in [0.29, 0.717) is 12.8 Å². The van der Waals surface area contributed by atoms with E-state index in [4.69, 9.17) is 5.11 Å². The van der Waals surface area contributed by atoms with Gasteiger partial charge in [-0.1, -0.05) is 25.5 Å². The standard InChI is InChI=1S/C16H18N2O5S2/c1-2-5-13(16(20)21)17-15(19)11-6-3-7-12(10-11)18-25(22,23)14-8-4-9-24-14/h3-4,6-10,13,18H,2,5H2,1H3,(H,17,19)(H,20,21). The molecule has 2 aromatic rings. The number of carbonyl (C=O) groups is 2. The fraction of sp³-hybridized carbons (Fsp3) is 0.250. The Morgan fingerprint density at radius 2 is 2.00 bits per heavy atom. The third kappa shape index (κ3) is 5.04. The summed E-state index contributed by atoms with van der Waals surface area (Å²) in [7, 11) is -3.71. The van der Waals surface area contributed by atoms with Gasteiger partial charge in [-0.25, -0.2) is 13.2 Å².